The fourth-order valence-corrected chi connectivity index (χ4v) is 2.42. The van der Waals surface area contributed by atoms with Crippen LogP contribution in [0, 0.1) is 6.92 Å². The molecule has 0 radical (unpaired) electrons. The Bertz CT molecular complexity index is 669. The van der Waals surface area contributed by atoms with Crippen LogP contribution in [0.4, 0.5) is 27.5 Å². The molecule has 130 valence electrons. The lowest BCUT2D eigenvalue weighted by molar-refractivity contribution is -0.00000775. The van der Waals surface area contributed by atoms with Crippen LogP contribution in [0.25, 0.3) is 0 Å². The van der Waals surface area contributed by atoms with E-state index in [0.29, 0.717) is 11.4 Å². The Morgan fingerprint density at radius 1 is 1.04 bits per heavy atom. The molecule has 6 heteroatoms. The van der Waals surface area contributed by atoms with Crippen molar-refractivity contribution in [2.45, 2.75) is 20.8 Å². The van der Waals surface area contributed by atoms with Gasteiger partial charge in [0.25, 0.3) is 0 Å². The van der Waals surface area contributed by atoms with E-state index in [2.05, 4.69) is 35.4 Å². The number of benzene rings is 2. The van der Waals surface area contributed by atoms with Gasteiger partial charge in [0, 0.05) is 35.8 Å². The molecule has 0 atom stereocenters. The van der Waals surface area contributed by atoms with Crippen LogP contribution < -0.4 is 33.7 Å². The van der Waals surface area contributed by atoms with E-state index in [9.17, 15) is 4.79 Å². The number of aryl methyl sites for hydroxylation is 1. The third-order valence-corrected chi connectivity index (χ3v) is 3.76. The van der Waals surface area contributed by atoms with Gasteiger partial charge in [-0.05, 0) is 68.8 Å². The summed E-state index contributed by atoms with van der Waals surface area (Å²) < 4.78 is 0. The van der Waals surface area contributed by atoms with Crippen molar-refractivity contribution < 1.29 is 17.2 Å². The van der Waals surface area contributed by atoms with Crippen LogP contribution in [0.5, 0.6) is 0 Å². The average Bonchev–Trinajstić information content (AvgIpc) is 2.53. The molecule has 5 nitrogen and oxygen atoms in total. The number of nitrogens with zero attached hydrogens (tertiary/aromatic N) is 1. The standard InChI is InChI=1S/C18H24N4O.ClH/c1-4-22(5-2)16-10-11-17(13(3)12-16)21-18(23)20-15-8-6-14(19)7-9-15;/h6-12H,4-5,19H2,1-3H3,(H2,20,21,23);1H/p-1. The SMILES string of the molecule is CCN(CC)c1ccc(NC(=O)Nc2ccc(N)cc2)c(C)c1.[Cl-]. The molecular formula is C18H24ClN4O-. The lowest BCUT2D eigenvalue weighted by atomic mass is 10.1. The molecule has 0 saturated carbocycles. The quantitative estimate of drug-likeness (QED) is 0.709. The molecule has 0 aliphatic rings. The maximum Gasteiger partial charge on any atom is 0.323 e. The number of urea groups is 1. The molecule has 0 unspecified atom stereocenters. The number of hydrogen-bond donors (Lipinski definition) is 3. The summed E-state index contributed by atoms with van der Waals surface area (Å²) in [6.45, 7) is 8.17. The van der Waals surface area contributed by atoms with E-state index >= 15 is 0 Å². The zero-order chi connectivity index (χ0) is 16.8. The minimum Gasteiger partial charge on any atom is -1.00 e. The molecule has 0 fully saturated rings. The van der Waals surface area contributed by atoms with Crippen molar-refractivity contribution in [2.24, 2.45) is 0 Å². The van der Waals surface area contributed by atoms with Crippen molar-refractivity contribution in [3.63, 3.8) is 0 Å². The molecule has 0 heterocycles. The summed E-state index contributed by atoms with van der Waals surface area (Å²) >= 11 is 0. The topological polar surface area (TPSA) is 70.4 Å². The van der Waals surface area contributed by atoms with Gasteiger partial charge in [-0.2, -0.15) is 0 Å². The van der Waals surface area contributed by atoms with Gasteiger partial charge in [-0.3, -0.25) is 0 Å². The second kappa shape index (κ2) is 9.03. The Hall–Kier alpha value is -2.40. The van der Waals surface area contributed by atoms with E-state index in [1.54, 1.807) is 24.3 Å². The van der Waals surface area contributed by atoms with Gasteiger partial charge >= 0.3 is 6.03 Å². The van der Waals surface area contributed by atoms with Crippen LogP contribution in [-0.4, -0.2) is 19.1 Å². The number of amides is 2. The van der Waals surface area contributed by atoms with E-state index < -0.39 is 0 Å². The van der Waals surface area contributed by atoms with Gasteiger partial charge < -0.3 is 33.7 Å². The summed E-state index contributed by atoms with van der Waals surface area (Å²) in [5.74, 6) is 0. The molecule has 0 saturated heterocycles. The number of carbonyl (C=O) groups is 1. The second-order valence-electron chi connectivity index (χ2n) is 5.37. The highest BCUT2D eigenvalue weighted by Crippen LogP contribution is 2.23. The Morgan fingerprint density at radius 2 is 1.67 bits per heavy atom. The van der Waals surface area contributed by atoms with E-state index in [4.69, 9.17) is 5.73 Å². The maximum atomic E-state index is 12.1. The first-order valence-corrected chi connectivity index (χ1v) is 7.82. The molecule has 0 aromatic heterocycles. The second-order valence-corrected chi connectivity index (χ2v) is 5.37. The van der Waals surface area contributed by atoms with Gasteiger partial charge in [-0.15, -0.1) is 0 Å². The molecule has 0 aliphatic carbocycles. The van der Waals surface area contributed by atoms with Crippen LogP contribution in [0.1, 0.15) is 19.4 Å². The number of halogens is 1. The molecule has 2 rings (SSSR count). The van der Waals surface area contributed by atoms with Crippen molar-refractivity contribution in [2.75, 3.05) is 34.4 Å². The van der Waals surface area contributed by atoms with Crippen molar-refractivity contribution in [3.05, 3.63) is 48.0 Å². The van der Waals surface area contributed by atoms with E-state index in [1.165, 1.54) is 0 Å². The summed E-state index contributed by atoms with van der Waals surface area (Å²) in [6.07, 6.45) is 0. The molecule has 24 heavy (non-hydrogen) atoms. The summed E-state index contributed by atoms with van der Waals surface area (Å²) in [5, 5.41) is 5.66. The highest BCUT2D eigenvalue weighted by Gasteiger charge is 2.08. The minimum atomic E-state index is -0.270. The number of carbonyl (C=O) groups excluding carboxylic acids is 1. The van der Waals surface area contributed by atoms with Crippen LogP contribution in [-0.2, 0) is 0 Å². The molecule has 0 spiro atoms. The first kappa shape index (κ1) is 19.6. The van der Waals surface area contributed by atoms with Gasteiger partial charge in [-0.25, -0.2) is 4.79 Å². The molecule has 0 aliphatic heterocycles. The molecule has 4 N–H and O–H groups in total. The Kier molecular flexibility index (Phi) is 7.39. The maximum absolute atomic E-state index is 12.1. The van der Waals surface area contributed by atoms with Gasteiger partial charge in [0.2, 0.25) is 0 Å². The van der Waals surface area contributed by atoms with Crippen LogP contribution in [0.3, 0.4) is 0 Å². The number of anilines is 4. The van der Waals surface area contributed by atoms with E-state index in [1.807, 2.05) is 19.1 Å². The summed E-state index contributed by atoms with van der Waals surface area (Å²) in [7, 11) is 0. The van der Waals surface area contributed by atoms with Crippen molar-refractivity contribution >= 4 is 28.8 Å². The number of nitrogens with one attached hydrogen (secondary N) is 2. The largest absolute Gasteiger partial charge is 1.00 e. The first-order valence-electron chi connectivity index (χ1n) is 7.82. The predicted molar refractivity (Wildman–Crippen MR) is 98.2 cm³/mol. The Balaban J connectivity index is 0.00000288. The smallest absolute Gasteiger partial charge is 0.323 e. The van der Waals surface area contributed by atoms with E-state index in [-0.39, 0.29) is 18.4 Å². The number of hydrogen-bond acceptors (Lipinski definition) is 3. The number of rotatable bonds is 5. The average molecular weight is 348 g/mol. The molecule has 2 aromatic rings. The van der Waals surface area contributed by atoms with Gasteiger partial charge in [0.1, 0.15) is 0 Å². The van der Waals surface area contributed by atoms with Crippen LogP contribution in [0.2, 0.25) is 0 Å². The Labute approximate surface area is 149 Å². The highest BCUT2D eigenvalue weighted by atomic mass is 35.5. The fraction of sp³-hybridized carbons (Fsp3) is 0.278. The fourth-order valence-electron chi connectivity index (χ4n) is 2.42. The van der Waals surface area contributed by atoms with E-state index in [0.717, 1.165) is 30.0 Å². The number of nitrogens with two attached hydrogens (primary N) is 1. The van der Waals surface area contributed by atoms with Crippen LogP contribution in [0.15, 0.2) is 42.5 Å². The first-order chi connectivity index (χ1) is 11.0. The zero-order valence-corrected chi connectivity index (χ0v) is 15.0. The predicted octanol–water partition coefficient (Wildman–Crippen LogP) is 1.07. The third kappa shape index (κ3) is 5.06. The normalized spacial score (nSPS) is 9.79. The molecule has 2 aromatic carbocycles. The monoisotopic (exact) mass is 347 g/mol. The van der Waals surface area contributed by atoms with Gasteiger partial charge in [-0.1, -0.05) is 0 Å². The van der Waals surface area contributed by atoms with Crippen molar-refractivity contribution in [1.82, 2.24) is 0 Å². The zero-order valence-electron chi connectivity index (χ0n) is 14.3. The molecule has 0 bridgehead atoms. The summed E-state index contributed by atoms with van der Waals surface area (Å²) in [4.78, 5) is 14.4. The lowest BCUT2D eigenvalue weighted by Gasteiger charge is -2.22. The molecule has 2 amide bonds. The Morgan fingerprint density at radius 3 is 2.21 bits per heavy atom. The van der Waals surface area contributed by atoms with Crippen LogP contribution >= 0.6 is 0 Å². The summed E-state index contributed by atoms with van der Waals surface area (Å²) in [5.41, 5.74) is 9.99. The summed E-state index contributed by atoms with van der Waals surface area (Å²) in [6, 6.07) is 12.8. The van der Waals surface area contributed by atoms with Crippen molar-refractivity contribution in [1.29, 1.82) is 0 Å². The number of nitrogen functional groups attached to an aromatic ring is 1. The minimum absolute atomic E-state index is 0. The highest BCUT2D eigenvalue weighted by molar-refractivity contribution is 6.00. The van der Waals surface area contributed by atoms with Gasteiger partial charge in [0.15, 0.2) is 0 Å². The van der Waals surface area contributed by atoms with Crippen molar-refractivity contribution in [3.8, 4) is 0 Å². The third-order valence-electron chi connectivity index (χ3n) is 3.76. The van der Waals surface area contributed by atoms with Gasteiger partial charge in [0.05, 0.1) is 0 Å². The molecular weight excluding hydrogens is 324 g/mol. The lowest BCUT2D eigenvalue weighted by Crippen LogP contribution is -3.00.